The van der Waals surface area contributed by atoms with Crippen molar-refractivity contribution >= 4 is 0 Å². The molecule has 0 aromatic heterocycles. The molecule has 2 rings (SSSR count). The Labute approximate surface area is 91.2 Å². The van der Waals surface area contributed by atoms with E-state index in [1.54, 1.807) is 0 Å². The molecule has 15 heavy (non-hydrogen) atoms. The number of hydrogen-bond donors (Lipinski definition) is 0. The fraction of sp³-hybridized carbons (Fsp3) is 0.462. The largest absolute Gasteiger partial charge is 0.344 e. The van der Waals surface area contributed by atoms with Crippen LogP contribution in [0.5, 0.6) is 0 Å². The Hall–Kier alpha value is -0.860. The Morgan fingerprint density at radius 2 is 1.87 bits per heavy atom. The molecule has 0 N–H and O–H groups in total. The highest BCUT2D eigenvalue weighted by Crippen LogP contribution is 2.38. The first kappa shape index (κ1) is 10.7. The zero-order valence-corrected chi connectivity index (χ0v) is 9.49. The highest BCUT2D eigenvalue weighted by atomic mass is 16.7. The van der Waals surface area contributed by atoms with Crippen molar-refractivity contribution in [3.05, 3.63) is 42.3 Å². The van der Waals surface area contributed by atoms with Gasteiger partial charge in [0, 0.05) is 0 Å². The van der Waals surface area contributed by atoms with Crippen LogP contribution in [0.25, 0.3) is 0 Å². The number of aryl methyl sites for hydroxylation is 1. The molecule has 0 bridgehead atoms. The highest BCUT2D eigenvalue weighted by Gasteiger charge is 2.39. The standard InChI is InChI=1S/C13H17O2/c1-9-7-5-6-8-11(9)12-10(2)14-13(3,4)15-12/h5-8,10,12H,2H2,1,3-4H3/t10-,12+/m1/s1. The lowest BCUT2D eigenvalue weighted by molar-refractivity contribution is -0.143. The zero-order valence-electron chi connectivity index (χ0n) is 9.49. The number of hydrogen-bond acceptors (Lipinski definition) is 2. The normalized spacial score (nSPS) is 29.3. The van der Waals surface area contributed by atoms with Crippen LogP contribution >= 0.6 is 0 Å². The molecule has 1 aliphatic rings. The third kappa shape index (κ3) is 2.06. The van der Waals surface area contributed by atoms with Crippen LogP contribution in [0.15, 0.2) is 24.3 Å². The van der Waals surface area contributed by atoms with Gasteiger partial charge in [-0.1, -0.05) is 24.3 Å². The van der Waals surface area contributed by atoms with E-state index >= 15 is 0 Å². The van der Waals surface area contributed by atoms with Crippen molar-refractivity contribution in [1.82, 2.24) is 0 Å². The van der Waals surface area contributed by atoms with Gasteiger partial charge in [0.05, 0.1) is 6.10 Å². The summed E-state index contributed by atoms with van der Waals surface area (Å²) in [5, 5.41) is 0. The van der Waals surface area contributed by atoms with E-state index in [1.165, 1.54) is 11.1 Å². The quantitative estimate of drug-likeness (QED) is 0.701. The van der Waals surface area contributed by atoms with Gasteiger partial charge in [-0.05, 0) is 38.8 Å². The fourth-order valence-electron chi connectivity index (χ4n) is 2.01. The summed E-state index contributed by atoms with van der Waals surface area (Å²) in [5.41, 5.74) is 2.39. The average molecular weight is 205 g/mol. The summed E-state index contributed by atoms with van der Waals surface area (Å²) in [6.45, 7) is 9.91. The van der Waals surface area contributed by atoms with E-state index in [4.69, 9.17) is 9.47 Å². The van der Waals surface area contributed by atoms with Crippen LogP contribution in [0.2, 0.25) is 0 Å². The molecule has 2 nitrogen and oxygen atoms in total. The Bertz CT molecular complexity index is 357. The Morgan fingerprint density at radius 3 is 2.40 bits per heavy atom. The molecule has 1 radical (unpaired) electrons. The van der Waals surface area contributed by atoms with E-state index in [0.29, 0.717) is 0 Å². The molecule has 0 unspecified atom stereocenters. The van der Waals surface area contributed by atoms with Crippen molar-refractivity contribution in [3.8, 4) is 0 Å². The van der Waals surface area contributed by atoms with E-state index in [9.17, 15) is 0 Å². The maximum absolute atomic E-state index is 5.84. The summed E-state index contributed by atoms with van der Waals surface area (Å²) in [6.07, 6.45) is -0.192. The predicted octanol–water partition coefficient (Wildman–Crippen LogP) is 3.02. The van der Waals surface area contributed by atoms with Crippen molar-refractivity contribution in [2.45, 2.75) is 38.8 Å². The summed E-state index contributed by atoms with van der Waals surface area (Å²) in [5.74, 6) is -0.528. The summed E-state index contributed by atoms with van der Waals surface area (Å²) < 4.78 is 11.5. The van der Waals surface area contributed by atoms with Crippen molar-refractivity contribution in [2.24, 2.45) is 0 Å². The van der Waals surface area contributed by atoms with Gasteiger partial charge in [0.1, 0.15) is 6.10 Å². The second-order valence-electron chi connectivity index (χ2n) is 4.45. The average Bonchev–Trinajstić information content (AvgIpc) is 2.40. The molecule has 0 spiro atoms. The predicted molar refractivity (Wildman–Crippen MR) is 59.3 cm³/mol. The minimum atomic E-state index is -0.528. The topological polar surface area (TPSA) is 18.5 Å². The summed E-state index contributed by atoms with van der Waals surface area (Å²) in [6, 6.07) is 8.20. The molecule has 0 aliphatic carbocycles. The first-order valence-electron chi connectivity index (χ1n) is 5.24. The SMILES string of the molecule is [CH2][C@H]1OC(C)(C)O[C@@H]1c1ccccc1C. The molecule has 81 valence electrons. The molecule has 1 saturated heterocycles. The molecule has 1 aliphatic heterocycles. The van der Waals surface area contributed by atoms with Crippen LogP contribution in [0.1, 0.15) is 31.1 Å². The first-order valence-corrected chi connectivity index (χ1v) is 5.24. The first-order chi connectivity index (χ1) is 6.99. The van der Waals surface area contributed by atoms with Gasteiger partial charge in [0.15, 0.2) is 5.79 Å². The van der Waals surface area contributed by atoms with Gasteiger partial charge in [-0.25, -0.2) is 0 Å². The van der Waals surface area contributed by atoms with Crippen LogP contribution in [-0.4, -0.2) is 11.9 Å². The molecule has 1 aromatic carbocycles. The monoisotopic (exact) mass is 205 g/mol. The minimum absolute atomic E-state index is 0.0544. The Balaban J connectivity index is 2.29. The van der Waals surface area contributed by atoms with Crippen molar-refractivity contribution in [1.29, 1.82) is 0 Å². The molecule has 0 saturated carbocycles. The Kier molecular flexibility index (Phi) is 2.57. The van der Waals surface area contributed by atoms with Crippen LogP contribution in [0.3, 0.4) is 0 Å². The van der Waals surface area contributed by atoms with Gasteiger partial charge >= 0.3 is 0 Å². The molecular formula is C13H17O2. The van der Waals surface area contributed by atoms with E-state index in [1.807, 2.05) is 26.0 Å². The second-order valence-corrected chi connectivity index (χ2v) is 4.45. The summed E-state index contributed by atoms with van der Waals surface area (Å²) >= 11 is 0. The lowest BCUT2D eigenvalue weighted by Crippen LogP contribution is -2.20. The fourth-order valence-corrected chi connectivity index (χ4v) is 2.01. The highest BCUT2D eigenvalue weighted by molar-refractivity contribution is 5.29. The van der Waals surface area contributed by atoms with E-state index in [2.05, 4.69) is 26.0 Å². The van der Waals surface area contributed by atoms with Crippen LogP contribution in [0, 0.1) is 13.8 Å². The zero-order chi connectivity index (χ0) is 11.1. The van der Waals surface area contributed by atoms with E-state index in [0.717, 1.165) is 0 Å². The molecule has 1 heterocycles. The number of benzene rings is 1. The van der Waals surface area contributed by atoms with Gasteiger partial charge in [0.25, 0.3) is 0 Å². The van der Waals surface area contributed by atoms with Crippen LogP contribution in [0.4, 0.5) is 0 Å². The van der Waals surface area contributed by atoms with Crippen molar-refractivity contribution < 1.29 is 9.47 Å². The molecule has 0 amide bonds. The third-order valence-electron chi connectivity index (χ3n) is 2.68. The lowest BCUT2D eigenvalue weighted by atomic mass is 10.0. The minimum Gasteiger partial charge on any atom is -0.344 e. The lowest BCUT2D eigenvalue weighted by Gasteiger charge is -2.18. The molecule has 1 fully saturated rings. The van der Waals surface area contributed by atoms with E-state index in [-0.39, 0.29) is 12.2 Å². The van der Waals surface area contributed by atoms with Crippen LogP contribution < -0.4 is 0 Å². The summed E-state index contributed by atoms with van der Waals surface area (Å²) in [7, 11) is 0. The maximum atomic E-state index is 5.84. The Morgan fingerprint density at radius 1 is 1.20 bits per heavy atom. The smallest absolute Gasteiger partial charge is 0.164 e. The third-order valence-corrected chi connectivity index (χ3v) is 2.68. The summed E-state index contributed by atoms with van der Waals surface area (Å²) in [4.78, 5) is 0. The van der Waals surface area contributed by atoms with Crippen LogP contribution in [-0.2, 0) is 9.47 Å². The van der Waals surface area contributed by atoms with Gasteiger partial charge in [-0.2, -0.15) is 0 Å². The van der Waals surface area contributed by atoms with Gasteiger partial charge < -0.3 is 9.47 Å². The van der Waals surface area contributed by atoms with Gasteiger partial charge in [0.2, 0.25) is 0 Å². The van der Waals surface area contributed by atoms with Crippen molar-refractivity contribution in [2.75, 3.05) is 0 Å². The number of ether oxygens (including phenoxy) is 2. The second kappa shape index (κ2) is 3.62. The van der Waals surface area contributed by atoms with Crippen molar-refractivity contribution in [3.63, 3.8) is 0 Å². The number of rotatable bonds is 1. The molecule has 2 atom stereocenters. The molecular weight excluding hydrogens is 188 g/mol. The maximum Gasteiger partial charge on any atom is 0.164 e. The van der Waals surface area contributed by atoms with Gasteiger partial charge in [-0.15, -0.1) is 0 Å². The molecule has 1 aromatic rings. The van der Waals surface area contributed by atoms with E-state index < -0.39 is 5.79 Å². The molecule has 2 heteroatoms. The van der Waals surface area contributed by atoms with Gasteiger partial charge in [-0.3, -0.25) is 0 Å².